The Morgan fingerprint density at radius 1 is 1.44 bits per heavy atom. The molecule has 0 radical (unpaired) electrons. The van der Waals surface area contributed by atoms with E-state index in [0.717, 1.165) is 4.57 Å². The summed E-state index contributed by atoms with van der Waals surface area (Å²) in [5, 5.41) is 8.55. The van der Waals surface area contributed by atoms with Crippen molar-refractivity contribution in [3.05, 3.63) is 38.1 Å². The van der Waals surface area contributed by atoms with Crippen LogP contribution in [0.1, 0.15) is 11.9 Å². The van der Waals surface area contributed by atoms with E-state index in [2.05, 4.69) is 15.6 Å². The SMILES string of the molecule is CCn1ccc(=O)n(Cc2nnc(NN)s2)c1=O. The molecule has 0 spiro atoms. The second-order valence-electron chi connectivity index (χ2n) is 3.45. The van der Waals surface area contributed by atoms with Crippen LogP contribution in [0.25, 0.3) is 0 Å². The van der Waals surface area contributed by atoms with E-state index in [1.165, 1.54) is 28.2 Å². The zero-order chi connectivity index (χ0) is 13.1. The van der Waals surface area contributed by atoms with E-state index in [1.54, 1.807) is 0 Å². The van der Waals surface area contributed by atoms with Crippen molar-refractivity contribution >= 4 is 16.5 Å². The van der Waals surface area contributed by atoms with E-state index in [-0.39, 0.29) is 17.8 Å². The summed E-state index contributed by atoms with van der Waals surface area (Å²) in [6.07, 6.45) is 1.48. The molecule has 0 bridgehead atoms. The zero-order valence-corrected chi connectivity index (χ0v) is 10.5. The summed E-state index contributed by atoms with van der Waals surface area (Å²) < 4.78 is 2.56. The Balaban J connectivity index is 2.39. The minimum Gasteiger partial charge on any atom is -0.301 e. The van der Waals surface area contributed by atoms with Gasteiger partial charge in [-0.1, -0.05) is 11.3 Å². The molecule has 2 heterocycles. The molecule has 2 aromatic rings. The smallest absolute Gasteiger partial charge is 0.301 e. The lowest BCUT2D eigenvalue weighted by Gasteiger charge is -2.05. The molecule has 0 atom stereocenters. The molecule has 0 saturated carbocycles. The fraction of sp³-hybridized carbons (Fsp3) is 0.333. The van der Waals surface area contributed by atoms with Crippen molar-refractivity contribution in [3.63, 3.8) is 0 Å². The number of hydrazine groups is 1. The summed E-state index contributed by atoms with van der Waals surface area (Å²) in [6.45, 7) is 2.43. The highest BCUT2D eigenvalue weighted by Gasteiger charge is 2.08. The normalized spacial score (nSPS) is 10.6. The molecule has 0 unspecified atom stereocenters. The number of nitrogens with one attached hydrogen (secondary N) is 1. The van der Waals surface area contributed by atoms with Crippen molar-refractivity contribution in [2.45, 2.75) is 20.0 Å². The molecule has 9 heteroatoms. The van der Waals surface area contributed by atoms with Crippen LogP contribution >= 0.6 is 11.3 Å². The highest BCUT2D eigenvalue weighted by Crippen LogP contribution is 2.13. The number of aromatic nitrogens is 4. The number of nitrogens with zero attached hydrogens (tertiary/aromatic N) is 4. The molecular weight excluding hydrogens is 256 g/mol. The highest BCUT2D eigenvalue weighted by molar-refractivity contribution is 7.15. The lowest BCUT2D eigenvalue weighted by molar-refractivity contribution is 0.597. The minimum atomic E-state index is -0.359. The van der Waals surface area contributed by atoms with E-state index in [1.807, 2.05) is 6.92 Å². The van der Waals surface area contributed by atoms with Crippen LogP contribution < -0.4 is 22.5 Å². The van der Waals surface area contributed by atoms with Crippen molar-refractivity contribution in [3.8, 4) is 0 Å². The Hall–Kier alpha value is -2.00. The average molecular weight is 268 g/mol. The number of nitrogens with two attached hydrogens (primary N) is 1. The quantitative estimate of drug-likeness (QED) is 0.556. The van der Waals surface area contributed by atoms with E-state index >= 15 is 0 Å². The zero-order valence-electron chi connectivity index (χ0n) is 9.66. The Labute approximate surface area is 106 Å². The number of nitrogen functional groups attached to an aromatic ring is 1. The maximum Gasteiger partial charge on any atom is 0.331 e. The van der Waals surface area contributed by atoms with Gasteiger partial charge in [-0.3, -0.25) is 14.8 Å². The topological polar surface area (TPSA) is 108 Å². The summed E-state index contributed by atoms with van der Waals surface area (Å²) in [6, 6.07) is 1.36. The van der Waals surface area contributed by atoms with Crippen LogP contribution in [0.3, 0.4) is 0 Å². The molecule has 8 nitrogen and oxygen atoms in total. The summed E-state index contributed by atoms with van der Waals surface area (Å²) in [7, 11) is 0. The molecule has 18 heavy (non-hydrogen) atoms. The van der Waals surface area contributed by atoms with Crippen LogP contribution in [0.2, 0.25) is 0 Å². The van der Waals surface area contributed by atoms with Gasteiger partial charge in [-0.25, -0.2) is 10.6 Å². The van der Waals surface area contributed by atoms with Gasteiger partial charge in [-0.05, 0) is 6.92 Å². The van der Waals surface area contributed by atoms with Gasteiger partial charge in [0.2, 0.25) is 5.13 Å². The van der Waals surface area contributed by atoms with Gasteiger partial charge in [-0.2, -0.15) is 0 Å². The number of hydrogen-bond acceptors (Lipinski definition) is 7. The second-order valence-corrected chi connectivity index (χ2v) is 4.52. The van der Waals surface area contributed by atoms with Crippen molar-refractivity contribution in [1.82, 2.24) is 19.3 Å². The molecule has 0 aliphatic carbocycles. The molecule has 3 N–H and O–H groups in total. The average Bonchev–Trinajstić information content (AvgIpc) is 2.82. The first-order valence-electron chi connectivity index (χ1n) is 5.25. The molecule has 2 aromatic heterocycles. The lowest BCUT2D eigenvalue weighted by Crippen LogP contribution is -2.38. The Bertz CT molecular complexity index is 658. The third kappa shape index (κ3) is 2.31. The van der Waals surface area contributed by atoms with Crippen LogP contribution in [-0.2, 0) is 13.1 Å². The molecule has 0 saturated heterocycles. The predicted octanol–water partition coefficient (Wildman–Crippen LogP) is -0.785. The first-order chi connectivity index (χ1) is 8.65. The van der Waals surface area contributed by atoms with Gasteiger partial charge in [0.05, 0.1) is 6.54 Å². The maximum absolute atomic E-state index is 11.9. The molecule has 0 aliphatic heterocycles. The van der Waals surface area contributed by atoms with Crippen LogP contribution in [0.15, 0.2) is 21.9 Å². The molecule has 0 aliphatic rings. The number of hydrogen-bond donors (Lipinski definition) is 2. The number of rotatable bonds is 4. The summed E-state index contributed by atoms with van der Waals surface area (Å²) in [4.78, 5) is 23.6. The Kier molecular flexibility index (Phi) is 3.53. The van der Waals surface area contributed by atoms with Gasteiger partial charge in [0.25, 0.3) is 5.56 Å². The van der Waals surface area contributed by atoms with Gasteiger partial charge in [0.1, 0.15) is 5.01 Å². The second kappa shape index (κ2) is 5.10. The van der Waals surface area contributed by atoms with Crippen LogP contribution in [-0.4, -0.2) is 19.3 Å². The van der Waals surface area contributed by atoms with E-state index < -0.39 is 0 Å². The number of anilines is 1. The first kappa shape index (κ1) is 12.5. The van der Waals surface area contributed by atoms with E-state index in [4.69, 9.17) is 5.84 Å². The highest BCUT2D eigenvalue weighted by atomic mass is 32.1. The van der Waals surface area contributed by atoms with Gasteiger partial charge in [0.15, 0.2) is 0 Å². The third-order valence-corrected chi connectivity index (χ3v) is 3.20. The molecule has 0 aromatic carbocycles. The maximum atomic E-state index is 11.9. The summed E-state index contributed by atoms with van der Waals surface area (Å²) >= 11 is 1.19. The van der Waals surface area contributed by atoms with Crippen LogP contribution in [0.5, 0.6) is 0 Å². The fourth-order valence-corrected chi connectivity index (χ4v) is 2.09. The molecular formula is C9H12N6O2S. The number of aryl methyl sites for hydroxylation is 1. The summed E-state index contributed by atoms with van der Waals surface area (Å²) in [5.74, 6) is 5.19. The summed E-state index contributed by atoms with van der Waals surface area (Å²) in [5.41, 5.74) is 1.64. The predicted molar refractivity (Wildman–Crippen MR) is 67.5 cm³/mol. The largest absolute Gasteiger partial charge is 0.331 e. The van der Waals surface area contributed by atoms with Gasteiger partial charge in [0, 0.05) is 18.8 Å². The Morgan fingerprint density at radius 3 is 2.83 bits per heavy atom. The molecule has 0 amide bonds. The van der Waals surface area contributed by atoms with Crippen molar-refractivity contribution < 1.29 is 0 Å². The van der Waals surface area contributed by atoms with E-state index in [0.29, 0.717) is 16.7 Å². The van der Waals surface area contributed by atoms with Gasteiger partial charge >= 0.3 is 5.69 Å². The first-order valence-corrected chi connectivity index (χ1v) is 6.06. The van der Waals surface area contributed by atoms with Gasteiger partial charge < -0.3 is 4.57 Å². The third-order valence-electron chi connectivity index (χ3n) is 2.36. The van der Waals surface area contributed by atoms with Crippen molar-refractivity contribution in [2.75, 3.05) is 5.43 Å². The van der Waals surface area contributed by atoms with Gasteiger partial charge in [-0.15, -0.1) is 10.2 Å². The standard InChI is InChI=1S/C9H12N6O2S/c1-2-14-4-3-7(16)15(9(14)17)5-6-12-13-8(11-10)18-6/h3-4H,2,5,10H2,1H3,(H,11,13). The van der Waals surface area contributed by atoms with E-state index in [9.17, 15) is 9.59 Å². The molecule has 0 fully saturated rings. The van der Waals surface area contributed by atoms with Crippen LogP contribution in [0, 0.1) is 0 Å². The molecule has 96 valence electrons. The Morgan fingerprint density at radius 2 is 2.22 bits per heavy atom. The lowest BCUT2D eigenvalue weighted by atomic mass is 10.5. The molecule has 2 rings (SSSR count). The monoisotopic (exact) mass is 268 g/mol. The van der Waals surface area contributed by atoms with Crippen molar-refractivity contribution in [2.24, 2.45) is 5.84 Å². The fourth-order valence-electron chi connectivity index (χ4n) is 1.45. The minimum absolute atomic E-state index is 0.0951. The van der Waals surface area contributed by atoms with Crippen molar-refractivity contribution in [1.29, 1.82) is 0 Å². The van der Waals surface area contributed by atoms with Crippen LogP contribution in [0.4, 0.5) is 5.13 Å².